The molecular weight excluding hydrogens is 478 g/mol. The number of nitrogens with zero attached hydrogens (tertiary/aromatic N) is 4. The quantitative estimate of drug-likeness (QED) is 0.283. The van der Waals surface area contributed by atoms with Crippen LogP contribution >= 0.6 is 12.2 Å². The Morgan fingerprint density at radius 2 is 2.11 bits per heavy atom. The maximum atomic E-state index is 12.0. The molecule has 2 aromatic heterocycles. The summed E-state index contributed by atoms with van der Waals surface area (Å²) >= 11 is 5.81. The molecular formula is C26H29N5O4S. The lowest BCUT2D eigenvalue weighted by Crippen LogP contribution is -2.36. The van der Waals surface area contributed by atoms with Gasteiger partial charge in [-0.2, -0.15) is 0 Å². The average Bonchev–Trinajstić information content (AvgIpc) is 3.58. The number of nitrogens with one attached hydrogen (secondary N) is 1. The molecule has 1 N–H and O–H groups in total. The van der Waals surface area contributed by atoms with Gasteiger partial charge in [0.15, 0.2) is 5.11 Å². The van der Waals surface area contributed by atoms with Gasteiger partial charge in [0.25, 0.3) is 5.69 Å². The van der Waals surface area contributed by atoms with E-state index in [2.05, 4.69) is 21.3 Å². The van der Waals surface area contributed by atoms with Crippen LogP contribution < -0.4 is 10.1 Å². The summed E-state index contributed by atoms with van der Waals surface area (Å²) < 4.78 is 13.1. The van der Waals surface area contributed by atoms with Crippen LogP contribution in [0, 0.1) is 24.0 Å². The van der Waals surface area contributed by atoms with E-state index in [1.54, 1.807) is 18.3 Å². The van der Waals surface area contributed by atoms with Gasteiger partial charge in [0.05, 0.1) is 42.0 Å². The Balaban J connectivity index is 1.62. The third-order valence-corrected chi connectivity index (χ3v) is 7.38. The zero-order chi connectivity index (χ0) is 25.4. The molecule has 2 fully saturated rings. The van der Waals surface area contributed by atoms with Crippen LogP contribution in [-0.2, 0) is 4.74 Å². The van der Waals surface area contributed by atoms with Crippen molar-refractivity contribution in [1.82, 2.24) is 19.8 Å². The second kappa shape index (κ2) is 9.87. The number of benzene rings is 1. The van der Waals surface area contributed by atoms with Crippen LogP contribution in [0.15, 0.2) is 48.7 Å². The number of thiocarbonyl (C=S) groups is 1. The highest BCUT2D eigenvalue weighted by Gasteiger charge is 2.42. The first-order valence-electron chi connectivity index (χ1n) is 12.0. The lowest BCUT2D eigenvalue weighted by molar-refractivity contribution is -0.384. The Hall–Kier alpha value is -3.50. The number of aromatic nitrogens is 2. The molecule has 2 saturated heterocycles. The predicted octanol–water partition coefficient (Wildman–Crippen LogP) is 4.56. The number of aryl methyl sites for hydroxylation is 1. The van der Waals surface area contributed by atoms with Crippen molar-refractivity contribution >= 4 is 23.0 Å². The topological polar surface area (TPSA) is 94.7 Å². The highest BCUT2D eigenvalue weighted by molar-refractivity contribution is 7.80. The van der Waals surface area contributed by atoms with E-state index in [1.165, 1.54) is 13.2 Å². The summed E-state index contributed by atoms with van der Waals surface area (Å²) in [5.74, 6) is 0.441. The van der Waals surface area contributed by atoms with Gasteiger partial charge in [-0.25, -0.2) is 0 Å². The van der Waals surface area contributed by atoms with Gasteiger partial charge in [-0.3, -0.25) is 15.1 Å². The molecule has 0 unspecified atom stereocenters. The number of nitro benzene ring substituents is 1. The number of rotatable bonds is 7. The number of nitro groups is 1. The monoisotopic (exact) mass is 507 g/mol. The van der Waals surface area contributed by atoms with E-state index >= 15 is 0 Å². The normalized spacial score (nSPS) is 21.6. The van der Waals surface area contributed by atoms with Crippen molar-refractivity contribution in [3.63, 3.8) is 0 Å². The van der Waals surface area contributed by atoms with Crippen LogP contribution in [0.2, 0.25) is 0 Å². The molecule has 3 atom stereocenters. The Morgan fingerprint density at radius 3 is 2.78 bits per heavy atom. The summed E-state index contributed by atoms with van der Waals surface area (Å²) in [4.78, 5) is 18.4. The zero-order valence-corrected chi connectivity index (χ0v) is 21.3. The fraction of sp³-hybridized carbons (Fsp3) is 0.385. The van der Waals surface area contributed by atoms with Crippen molar-refractivity contribution < 1.29 is 14.4 Å². The van der Waals surface area contributed by atoms with Gasteiger partial charge in [0.2, 0.25) is 0 Å². The number of hydrogen-bond acceptors (Lipinski definition) is 6. The highest BCUT2D eigenvalue weighted by Crippen LogP contribution is 2.42. The lowest BCUT2D eigenvalue weighted by atomic mass is 9.96. The molecule has 1 aromatic carbocycles. The van der Waals surface area contributed by atoms with Gasteiger partial charge in [-0.05, 0) is 74.8 Å². The Bertz CT molecular complexity index is 1290. The molecule has 0 bridgehead atoms. The number of pyridine rings is 1. The molecule has 0 radical (unpaired) electrons. The molecule has 36 heavy (non-hydrogen) atoms. The van der Waals surface area contributed by atoms with E-state index in [4.69, 9.17) is 21.7 Å². The number of hydrogen-bond donors (Lipinski definition) is 1. The van der Waals surface area contributed by atoms with Gasteiger partial charge in [-0.1, -0.05) is 6.07 Å². The molecule has 9 nitrogen and oxygen atoms in total. The minimum Gasteiger partial charge on any atom is -0.496 e. The van der Waals surface area contributed by atoms with Gasteiger partial charge < -0.3 is 24.3 Å². The highest BCUT2D eigenvalue weighted by atomic mass is 32.1. The van der Waals surface area contributed by atoms with Crippen molar-refractivity contribution in [1.29, 1.82) is 0 Å². The third kappa shape index (κ3) is 4.31. The minimum absolute atomic E-state index is 0.0137. The Labute approximate surface area is 215 Å². The van der Waals surface area contributed by atoms with Crippen molar-refractivity contribution in [3.05, 3.63) is 81.4 Å². The zero-order valence-electron chi connectivity index (χ0n) is 20.5. The van der Waals surface area contributed by atoms with Gasteiger partial charge >= 0.3 is 0 Å². The Kier molecular flexibility index (Phi) is 6.63. The molecule has 188 valence electrons. The molecule has 10 heteroatoms. The van der Waals surface area contributed by atoms with Crippen LogP contribution in [0.1, 0.15) is 47.6 Å². The fourth-order valence-corrected chi connectivity index (χ4v) is 5.69. The lowest BCUT2D eigenvalue weighted by Gasteiger charge is -2.30. The summed E-state index contributed by atoms with van der Waals surface area (Å²) in [5.41, 5.74) is 4.22. The van der Waals surface area contributed by atoms with E-state index in [1.807, 2.05) is 36.6 Å². The van der Waals surface area contributed by atoms with Crippen molar-refractivity contribution in [2.24, 2.45) is 0 Å². The Morgan fingerprint density at radius 1 is 1.28 bits per heavy atom. The van der Waals surface area contributed by atoms with Gasteiger partial charge in [0.1, 0.15) is 11.4 Å². The maximum Gasteiger partial charge on any atom is 0.296 e. The largest absolute Gasteiger partial charge is 0.496 e. The molecule has 0 saturated carbocycles. The number of ether oxygens (including phenoxy) is 2. The molecule has 2 aliphatic rings. The van der Waals surface area contributed by atoms with Gasteiger partial charge in [-0.15, -0.1) is 0 Å². The summed E-state index contributed by atoms with van der Waals surface area (Å²) in [6, 6.07) is 12.6. The fourth-order valence-electron chi connectivity index (χ4n) is 5.37. The molecule has 3 aromatic rings. The molecule has 0 amide bonds. The van der Waals surface area contributed by atoms with Crippen LogP contribution in [0.5, 0.6) is 5.75 Å². The van der Waals surface area contributed by atoms with E-state index in [-0.39, 0.29) is 28.8 Å². The smallest absolute Gasteiger partial charge is 0.296 e. The van der Waals surface area contributed by atoms with Crippen molar-refractivity contribution in [3.8, 4) is 11.4 Å². The number of methoxy groups -OCH3 is 1. The van der Waals surface area contributed by atoms with E-state index in [0.29, 0.717) is 23.1 Å². The molecule has 4 heterocycles. The molecule has 0 aliphatic carbocycles. The summed E-state index contributed by atoms with van der Waals surface area (Å²) in [7, 11) is 1.50. The van der Waals surface area contributed by atoms with Crippen LogP contribution in [0.25, 0.3) is 5.69 Å². The van der Waals surface area contributed by atoms with Crippen molar-refractivity contribution in [2.45, 2.75) is 44.9 Å². The summed E-state index contributed by atoms with van der Waals surface area (Å²) in [6.07, 6.45) is 3.94. The second-order valence-corrected chi connectivity index (χ2v) is 9.57. The average molecular weight is 508 g/mol. The van der Waals surface area contributed by atoms with E-state index in [9.17, 15) is 10.1 Å². The van der Waals surface area contributed by atoms with Crippen molar-refractivity contribution in [2.75, 3.05) is 20.3 Å². The maximum absolute atomic E-state index is 12.0. The standard InChI is InChI=1S/C26H29N5O4S/c1-16-13-20(17(2)30(16)22-10-9-18(34-3)14-23(22)31(32)33)25-24(21-8-4-5-11-27-21)28-26(36)29(25)15-19-7-6-12-35-19/h4-5,8-11,13-14,19,24-25H,6-7,12,15H2,1-3H3,(H,28,36)/t19-,24-,25+/m0/s1. The first-order chi connectivity index (χ1) is 17.4. The molecule has 2 aliphatic heterocycles. The first-order valence-corrected chi connectivity index (χ1v) is 12.4. The first kappa shape index (κ1) is 24.2. The summed E-state index contributed by atoms with van der Waals surface area (Å²) in [5, 5.41) is 16.1. The second-order valence-electron chi connectivity index (χ2n) is 9.19. The molecule has 5 rings (SSSR count). The molecule has 0 spiro atoms. The van der Waals surface area contributed by atoms with Crippen LogP contribution in [-0.4, -0.2) is 50.9 Å². The predicted molar refractivity (Wildman–Crippen MR) is 140 cm³/mol. The SMILES string of the molecule is COc1ccc(-n2c(C)cc([C@@H]3[C@H](c4ccccn4)NC(=S)N3C[C@@H]3CCCO3)c2C)c([N+](=O)[O-])c1. The third-order valence-electron chi connectivity index (χ3n) is 7.03. The van der Waals surface area contributed by atoms with E-state index in [0.717, 1.165) is 42.1 Å². The summed E-state index contributed by atoms with van der Waals surface area (Å²) in [6.45, 7) is 5.40. The van der Waals surface area contributed by atoms with Gasteiger partial charge in [0, 0.05) is 30.7 Å². The minimum atomic E-state index is -0.372. The van der Waals surface area contributed by atoms with Crippen LogP contribution in [0.4, 0.5) is 5.69 Å². The van der Waals surface area contributed by atoms with Crippen LogP contribution in [0.3, 0.4) is 0 Å². The van der Waals surface area contributed by atoms with E-state index < -0.39 is 0 Å².